The number of hydrogen-bond donors (Lipinski definition) is 1. The van der Waals surface area contributed by atoms with Crippen LogP contribution in [-0.2, 0) is 6.42 Å². The molecule has 0 bridgehead atoms. The van der Waals surface area contributed by atoms with Crippen molar-refractivity contribution >= 4 is 28.4 Å². The van der Waals surface area contributed by atoms with Crippen molar-refractivity contribution in [3.05, 3.63) is 33.8 Å². The molecule has 0 fully saturated rings. The number of nitrogen functional groups attached to an aromatic ring is 1. The third kappa shape index (κ3) is 2.82. The summed E-state index contributed by atoms with van der Waals surface area (Å²) in [6.45, 7) is 6.60. The van der Waals surface area contributed by atoms with Crippen molar-refractivity contribution in [2.24, 2.45) is 5.41 Å². The summed E-state index contributed by atoms with van der Waals surface area (Å²) in [5, 5.41) is 4.62. The summed E-state index contributed by atoms with van der Waals surface area (Å²) in [4.78, 5) is 4.01. The molecule has 5 heteroatoms. The van der Waals surface area contributed by atoms with E-state index < -0.39 is 0 Å². The third-order valence-electron chi connectivity index (χ3n) is 2.53. The molecule has 4 nitrogen and oxygen atoms in total. The van der Waals surface area contributed by atoms with E-state index in [-0.39, 0.29) is 5.41 Å². The van der Waals surface area contributed by atoms with E-state index in [1.807, 2.05) is 12.1 Å². The van der Waals surface area contributed by atoms with Gasteiger partial charge in [0.2, 0.25) is 0 Å². The number of nitrogens with zero attached hydrogens (tertiary/aromatic N) is 3. The van der Waals surface area contributed by atoms with Crippen molar-refractivity contribution in [2.75, 3.05) is 5.73 Å². The first-order valence-corrected chi connectivity index (χ1v) is 6.89. The minimum atomic E-state index is 0.198. The third-order valence-corrected chi connectivity index (χ3v) is 3.71. The van der Waals surface area contributed by atoms with Crippen LogP contribution in [0.5, 0.6) is 0 Å². The van der Waals surface area contributed by atoms with Gasteiger partial charge in [-0.15, -0.1) is 0 Å². The largest absolute Gasteiger partial charge is 0.383 e. The molecule has 0 unspecified atom stereocenters. The predicted molar refractivity (Wildman–Crippen MR) is 81.6 cm³/mol. The Morgan fingerprint density at radius 3 is 2.44 bits per heavy atom. The van der Waals surface area contributed by atoms with Crippen LogP contribution in [0, 0.1) is 8.99 Å². The van der Waals surface area contributed by atoms with Crippen LogP contribution in [-0.4, -0.2) is 14.8 Å². The molecule has 0 saturated carbocycles. The molecule has 2 heterocycles. The minimum absolute atomic E-state index is 0.198. The van der Waals surface area contributed by atoms with E-state index in [0.717, 1.165) is 21.4 Å². The molecule has 0 saturated heterocycles. The monoisotopic (exact) mass is 356 g/mol. The summed E-state index contributed by atoms with van der Waals surface area (Å²) >= 11 is 2.27. The highest BCUT2D eigenvalue weighted by molar-refractivity contribution is 14.1. The molecule has 0 atom stereocenters. The molecule has 2 aromatic rings. The van der Waals surface area contributed by atoms with E-state index in [4.69, 9.17) is 5.73 Å². The lowest BCUT2D eigenvalue weighted by Crippen LogP contribution is -2.10. The highest BCUT2D eigenvalue weighted by Gasteiger charge is 2.20. The van der Waals surface area contributed by atoms with Gasteiger partial charge in [0.25, 0.3) is 0 Å². The van der Waals surface area contributed by atoms with Gasteiger partial charge in [-0.05, 0) is 46.6 Å². The number of aromatic nitrogens is 3. The van der Waals surface area contributed by atoms with Crippen LogP contribution in [0.4, 0.5) is 5.82 Å². The summed E-state index contributed by atoms with van der Waals surface area (Å²) in [7, 11) is 0. The highest BCUT2D eigenvalue weighted by atomic mass is 127. The van der Waals surface area contributed by atoms with Crippen LogP contribution in [0.3, 0.4) is 0 Å². The SMILES string of the molecule is CC(C)(C)Cc1nn(-c2ccncc2)c(N)c1I. The van der Waals surface area contributed by atoms with Gasteiger partial charge in [0.15, 0.2) is 0 Å². The summed E-state index contributed by atoms with van der Waals surface area (Å²) in [6, 6.07) is 3.81. The highest BCUT2D eigenvalue weighted by Crippen LogP contribution is 2.28. The lowest BCUT2D eigenvalue weighted by molar-refractivity contribution is 0.404. The van der Waals surface area contributed by atoms with Gasteiger partial charge in [0.1, 0.15) is 5.82 Å². The van der Waals surface area contributed by atoms with Crippen molar-refractivity contribution in [2.45, 2.75) is 27.2 Å². The molecule has 0 radical (unpaired) electrons. The Kier molecular flexibility index (Phi) is 3.61. The molecular formula is C13H17IN4. The van der Waals surface area contributed by atoms with E-state index in [0.29, 0.717) is 5.82 Å². The Morgan fingerprint density at radius 2 is 1.89 bits per heavy atom. The molecule has 0 aromatic carbocycles. The lowest BCUT2D eigenvalue weighted by atomic mass is 9.91. The van der Waals surface area contributed by atoms with E-state index in [1.54, 1.807) is 17.1 Å². The topological polar surface area (TPSA) is 56.7 Å². The van der Waals surface area contributed by atoms with E-state index in [2.05, 4.69) is 53.4 Å². The molecule has 0 aliphatic heterocycles. The van der Waals surface area contributed by atoms with Gasteiger partial charge < -0.3 is 5.73 Å². The number of halogens is 1. The second kappa shape index (κ2) is 4.87. The van der Waals surface area contributed by atoms with Crippen LogP contribution in [0.2, 0.25) is 0 Å². The van der Waals surface area contributed by atoms with Crippen LogP contribution in [0.15, 0.2) is 24.5 Å². The van der Waals surface area contributed by atoms with Crippen molar-refractivity contribution < 1.29 is 0 Å². The second-order valence-corrected chi connectivity index (χ2v) is 6.58. The van der Waals surface area contributed by atoms with Gasteiger partial charge >= 0.3 is 0 Å². The van der Waals surface area contributed by atoms with Gasteiger partial charge in [0.05, 0.1) is 15.0 Å². The van der Waals surface area contributed by atoms with Crippen molar-refractivity contribution in [1.82, 2.24) is 14.8 Å². The fourth-order valence-electron chi connectivity index (χ4n) is 1.76. The quantitative estimate of drug-likeness (QED) is 0.842. The van der Waals surface area contributed by atoms with Gasteiger partial charge in [-0.25, -0.2) is 4.68 Å². The normalized spacial score (nSPS) is 11.8. The Bertz CT molecular complexity index is 540. The van der Waals surface area contributed by atoms with Crippen molar-refractivity contribution in [3.63, 3.8) is 0 Å². The van der Waals surface area contributed by atoms with E-state index >= 15 is 0 Å². The summed E-state index contributed by atoms with van der Waals surface area (Å²) in [6.07, 6.45) is 4.40. The minimum Gasteiger partial charge on any atom is -0.383 e. The maximum atomic E-state index is 6.13. The van der Waals surface area contributed by atoms with Crippen LogP contribution >= 0.6 is 22.6 Å². The first kappa shape index (κ1) is 13.3. The molecule has 96 valence electrons. The molecule has 0 amide bonds. The zero-order chi connectivity index (χ0) is 13.3. The molecule has 0 aliphatic rings. The van der Waals surface area contributed by atoms with Crippen molar-refractivity contribution in [1.29, 1.82) is 0 Å². The summed E-state index contributed by atoms with van der Waals surface area (Å²) < 4.78 is 2.82. The fourth-order valence-corrected chi connectivity index (χ4v) is 2.28. The molecule has 18 heavy (non-hydrogen) atoms. The first-order valence-electron chi connectivity index (χ1n) is 5.82. The predicted octanol–water partition coefficient (Wildman–Crippen LogP) is 3.04. The fraction of sp³-hybridized carbons (Fsp3) is 0.385. The number of hydrogen-bond acceptors (Lipinski definition) is 3. The van der Waals surface area contributed by atoms with Crippen LogP contribution in [0.1, 0.15) is 26.5 Å². The second-order valence-electron chi connectivity index (χ2n) is 5.50. The average molecular weight is 356 g/mol. The Morgan fingerprint density at radius 1 is 1.28 bits per heavy atom. The molecule has 0 spiro atoms. The molecule has 2 rings (SSSR count). The van der Waals surface area contributed by atoms with Gasteiger partial charge in [0, 0.05) is 12.4 Å². The van der Waals surface area contributed by atoms with E-state index in [9.17, 15) is 0 Å². The Labute approximate surface area is 121 Å². The van der Waals surface area contributed by atoms with Gasteiger partial charge in [-0.3, -0.25) is 4.98 Å². The maximum absolute atomic E-state index is 6.13. The Balaban J connectivity index is 2.43. The zero-order valence-corrected chi connectivity index (χ0v) is 13.0. The van der Waals surface area contributed by atoms with Crippen molar-refractivity contribution in [3.8, 4) is 5.69 Å². The number of pyridine rings is 1. The first-order chi connectivity index (χ1) is 8.38. The maximum Gasteiger partial charge on any atom is 0.141 e. The van der Waals surface area contributed by atoms with Gasteiger partial charge in [-0.2, -0.15) is 5.10 Å². The summed E-state index contributed by atoms with van der Waals surface area (Å²) in [5.74, 6) is 0.695. The van der Waals surface area contributed by atoms with Gasteiger partial charge in [-0.1, -0.05) is 20.8 Å². The average Bonchev–Trinajstić information content (AvgIpc) is 2.57. The zero-order valence-electron chi connectivity index (χ0n) is 10.8. The molecule has 2 aromatic heterocycles. The molecular weight excluding hydrogens is 339 g/mol. The van der Waals surface area contributed by atoms with E-state index in [1.165, 1.54) is 0 Å². The Hall–Kier alpha value is -1.11. The molecule has 0 aliphatic carbocycles. The number of anilines is 1. The lowest BCUT2D eigenvalue weighted by Gasteiger charge is -2.16. The number of rotatable bonds is 2. The van der Waals surface area contributed by atoms with Crippen LogP contribution in [0.25, 0.3) is 5.69 Å². The van der Waals surface area contributed by atoms with Crippen LogP contribution < -0.4 is 5.73 Å². The summed E-state index contributed by atoms with van der Waals surface area (Å²) in [5.41, 5.74) is 8.32. The standard InChI is InChI=1S/C13H17IN4/c1-13(2,3)8-10-11(14)12(15)18(17-10)9-4-6-16-7-5-9/h4-7H,8,15H2,1-3H3. The number of nitrogens with two attached hydrogens (primary N) is 1. The molecule has 2 N–H and O–H groups in total. The smallest absolute Gasteiger partial charge is 0.141 e.